The number of halogens is 3. The number of methoxy groups -OCH3 is 1. The van der Waals surface area contributed by atoms with Gasteiger partial charge in [-0.2, -0.15) is 0 Å². The smallest absolute Gasteiger partial charge is 0.142 e. The number of hydrogen-bond donors (Lipinski definition) is 1. The zero-order chi connectivity index (χ0) is 13.8. The summed E-state index contributed by atoms with van der Waals surface area (Å²) in [6, 6.07) is 10.4. The molecule has 2 nitrogen and oxygen atoms in total. The zero-order valence-electron chi connectivity index (χ0n) is 10.2. The first-order valence-corrected chi connectivity index (χ1v) is 6.78. The van der Waals surface area contributed by atoms with Crippen molar-refractivity contribution in [1.82, 2.24) is 0 Å². The molecule has 0 radical (unpaired) electrons. The van der Waals surface area contributed by atoms with Crippen LogP contribution in [0.2, 0.25) is 5.02 Å². The van der Waals surface area contributed by atoms with Gasteiger partial charge in [-0.25, -0.2) is 4.39 Å². The lowest BCUT2D eigenvalue weighted by atomic mass is 10.2. The molecule has 0 amide bonds. The van der Waals surface area contributed by atoms with Gasteiger partial charge in [0.15, 0.2) is 0 Å². The summed E-state index contributed by atoms with van der Waals surface area (Å²) >= 11 is 9.04. The Morgan fingerprint density at radius 1 is 1.26 bits per heavy atom. The molecule has 0 aliphatic rings. The molecule has 0 fully saturated rings. The molecular formula is C14H12BrClFNO. The lowest BCUT2D eigenvalue weighted by Crippen LogP contribution is -2.01. The average molecular weight is 345 g/mol. The second-order valence-corrected chi connectivity index (χ2v) is 5.27. The van der Waals surface area contributed by atoms with Crippen molar-refractivity contribution in [3.8, 4) is 5.75 Å². The Bertz CT molecular complexity index is 592. The average Bonchev–Trinajstić information content (AvgIpc) is 2.40. The Labute approximate surface area is 124 Å². The maximum Gasteiger partial charge on any atom is 0.142 e. The van der Waals surface area contributed by atoms with Gasteiger partial charge in [0.1, 0.15) is 11.6 Å². The summed E-state index contributed by atoms with van der Waals surface area (Å²) in [5, 5.41) is 3.33. The number of benzene rings is 2. The second-order valence-electron chi connectivity index (χ2n) is 3.95. The normalized spacial score (nSPS) is 10.3. The molecule has 0 saturated carbocycles. The van der Waals surface area contributed by atoms with Crippen LogP contribution in [0.3, 0.4) is 0 Å². The summed E-state index contributed by atoms with van der Waals surface area (Å²) in [4.78, 5) is 0. The van der Waals surface area contributed by atoms with E-state index in [1.54, 1.807) is 19.2 Å². The largest absolute Gasteiger partial charge is 0.495 e. The number of rotatable bonds is 4. The van der Waals surface area contributed by atoms with E-state index < -0.39 is 5.82 Å². The van der Waals surface area contributed by atoms with Crippen LogP contribution in [0.25, 0.3) is 0 Å². The van der Waals surface area contributed by atoms with Crippen molar-refractivity contribution in [3.63, 3.8) is 0 Å². The van der Waals surface area contributed by atoms with Gasteiger partial charge in [-0.1, -0.05) is 33.6 Å². The van der Waals surface area contributed by atoms with Crippen LogP contribution in [0.4, 0.5) is 10.1 Å². The summed E-state index contributed by atoms with van der Waals surface area (Å²) < 4.78 is 19.5. The third kappa shape index (κ3) is 3.61. The van der Waals surface area contributed by atoms with Gasteiger partial charge in [0.05, 0.1) is 17.8 Å². The fraction of sp³-hybridized carbons (Fsp3) is 0.143. The minimum atomic E-state index is -0.415. The molecule has 0 aromatic heterocycles. The highest BCUT2D eigenvalue weighted by atomic mass is 79.9. The van der Waals surface area contributed by atoms with Gasteiger partial charge in [-0.15, -0.1) is 0 Å². The zero-order valence-corrected chi connectivity index (χ0v) is 12.6. The summed E-state index contributed by atoms with van der Waals surface area (Å²) in [7, 11) is 1.61. The molecule has 0 spiro atoms. The molecule has 0 bridgehead atoms. The molecule has 5 heteroatoms. The molecular weight excluding hydrogens is 333 g/mol. The van der Waals surface area contributed by atoms with E-state index in [0.717, 1.165) is 21.5 Å². The highest BCUT2D eigenvalue weighted by molar-refractivity contribution is 9.10. The van der Waals surface area contributed by atoms with Crippen molar-refractivity contribution >= 4 is 33.2 Å². The number of anilines is 1. The minimum Gasteiger partial charge on any atom is -0.495 e. The van der Waals surface area contributed by atoms with Gasteiger partial charge in [0.2, 0.25) is 0 Å². The Balaban J connectivity index is 2.13. The van der Waals surface area contributed by atoms with E-state index in [0.29, 0.717) is 6.54 Å². The molecule has 2 rings (SSSR count). The molecule has 0 unspecified atom stereocenters. The van der Waals surface area contributed by atoms with Crippen LogP contribution in [0, 0.1) is 5.82 Å². The Hall–Kier alpha value is -1.26. The van der Waals surface area contributed by atoms with Crippen LogP contribution in [0.1, 0.15) is 5.56 Å². The van der Waals surface area contributed by atoms with E-state index in [1.165, 1.54) is 6.07 Å². The van der Waals surface area contributed by atoms with E-state index in [-0.39, 0.29) is 5.02 Å². The summed E-state index contributed by atoms with van der Waals surface area (Å²) in [5.74, 6) is 0.319. The van der Waals surface area contributed by atoms with Gasteiger partial charge in [-0.05, 0) is 35.9 Å². The van der Waals surface area contributed by atoms with Gasteiger partial charge in [-0.3, -0.25) is 0 Å². The van der Waals surface area contributed by atoms with Crippen LogP contribution in [-0.2, 0) is 6.54 Å². The molecule has 19 heavy (non-hydrogen) atoms. The lowest BCUT2D eigenvalue weighted by molar-refractivity contribution is 0.416. The molecule has 0 heterocycles. The highest BCUT2D eigenvalue weighted by Gasteiger charge is 2.05. The van der Waals surface area contributed by atoms with Crippen molar-refractivity contribution < 1.29 is 9.13 Å². The SMILES string of the molecule is COc1ccc(Br)cc1NCc1ccc(Cl)c(F)c1. The minimum absolute atomic E-state index is 0.129. The Morgan fingerprint density at radius 3 is 2.74 bits per heavy atom. The quantitative estimate of drug-likeness (QED) is 0.855. The molecule has 0 saturated heterocycles. The van der Waals surface area contributed by atoms with Crippen molar-refractivity contribution in [2.75, 3.05) is 12.4 Å². The van der Waals surface area contributed by atoms with Gasteiger partial charge < -0.3 is 10.1 Å². The second kappa shape index (κ2) is 6.26. The van der Waals surface area contributed by atoms with E-state index in [1.807, 2.05) is 18.2 Å². The predicted octanol–water partition coefficient (Wildman–Crippen LogP) is 4.86. The number of hydrogen-bond acceptors (Lipinski definition) is 2. The van der Waals surface area contributed by atoms with Crippen molar-refractivity contribution in [2.24, 2.45) is 0 Å². The monoisotopic (exact) mass is 343 g/mol. The standard InChI is InChI=1S/C14H12BrClFNO/c1-19-14-5-3-10(15)7-13(14)18-8-9-2-4-11(16)12(17)6-9/h2-7,18H,8H2,1H3. The topological polar surface area (TPSA) is 21.3 Å². The summed E-state index contributed by atoms with van der Waals surface area (Å²) in [6.45, 7) is 0.487. The molecule has 2 aromatic rings. The Morgan fingerprint density at radius 2 is 2.05 bits per heavy atom. The molecule has 100 valence electrons. The fourth-order valence-electron chi connectivity index (χ4n) is 1.67. The molecule has 2 aromatic carbocycles. The number of nitrogens with one attached hydrogen (secondary N) is 1. The molecule has 0 aliphatic carbocycles. The van der Waals surface area contributed by atoms with Crippen LogP contribution >= 0.6 is 27.5 Å². The molecule has 1 N–H and O–H groups in total. The van der Waals surface area contributed by atoms with Crippen molar-refractivity contribution in [2.45, 2.75) is 6.54 Å². The van der Waals surface area contributed by atoms with Crippen LogP contribution in [0.5, 0.6) is 5.75 Å². The predicted molar refractivity (Wildman–Crippen MR) is 79.4 cm³/mol. The first-order valence-electron chi connectivity index (χ1n) is 5.61. The van der Waals surface area contributed by atoms with E-state index in [9.17, 15) is 4.39 Å². The number of ether oxygens (including phenoxy) is 1. The van der Waals surface area contributed by atoms with Gasteiger partial charge in [0.25, 0.3) is 0 Å². The molecule has 0 atom stereocenters. The van der Waals surface area contributed by atoms with Crippen molar-refractivity contribution in [3.05, 3.63) is 57.3 Å². The van der Waals surface area contributed by atoms with Gasteiger partial charge in [0, 0.05) is 11.0 Å². The first kappa shape index (κ1) is 14.2. The Kier molecular flexibility index (Phi) is 4.66. The van der Waals surface area contributed by atoms with Crippen molar-refractivity contribution in [1.29, 1.82) is 0 Å². The van der Waals surface area contributed by atoms with E-state index in [4.69, 9.17) is 16.3 Å². The van der Waals surface area contributed by atoms with Gasteiger partial charge >= 0.3 is 0 Å². The first-order chi connectivity index (χ1) is 9.10. The maximum atomic E-state index is 13.3. The summed E-state index contributed by atoms with van der Waals surface area (Å²) in [5.41, 5.74) is 1.65. The van der Waals surface area contributed by atoms with E-state index >= 15 is 0 Å². The third-order valence-corrected chi connectivity index (χ3v) is 3.43. The third-order valence-electron chi connectivity index (χ3n) is 2.63. The molecule has 0 aliphatic heterocycles. The fourth-order valence-corrected chi connectivity index (χ4v) is 2.14. The summed E-state index contributed by atoms with van der Waals surface area (Å²) in [6.07, 6.45) is 0. The highest BCUT2D eigenvalue weighted by Crippen LogP contribution is 2.28. The van der Waals surface area contributed by atoms with Crippen LogP contribution < -0.4 is 10.1 Å². The van der Waals surface area contributed by atoms with Crippen LogP contribution in [-0.4, -0.2) is 7.11 Å². The maximum absolute atomic E-state index is 13.3. The lowest BCUT2D eigenvalue weighted by Gasteiger charge is -2.12. The van der Waals surface area contributed by atoms with Crippen LogP contribution in [0.15, 0.2) is 40.9 Å². The van der Waals surface area contributed by atoms with E-state index in [2.05, 4.69) is 21.2 Å².